The van der Waals surface area contributed by atoms with Gasteiger partial charge in [0.1, 0.15) is 11.6 Å². The summed E-state index contributed by atoms with van der Waals surface area (Å²) >= 11 is 0. The van der Waals surface area contributed by atoms with Crippen LogP contribution in [0.1, 0.15) is 40.0 Å². The highest BCUT2D eigenvalue weighted by molar-refractivity contribution is 5.77. The Bertz CT molecular complexity index is 259. The molecule has 1 saturated heterocycles. The molecular formula is C11H19NO3. The molecule has 2 rings (SSSR count). The van der Waals surface area contributed by atoms with Crippen molar-refractivity contribution in [1.29, 1.82) is 0 Å². The third kappa shape index (κ3) is 2.32. The molecule has 0 aromatic carbocycles. The van der Waals surface area contributed by atoms with Crippen molar-refractivity contribution in [3.05, 3.63) is 0 Å². The average Bonchev–Trinajstić information content (AvgIpc) is 2.57. The van der Waals surface area contributed by atoms with Gasteiger partial charge in [0.05, 0.1) is 6.10 Å². The monoisotopic (exact) mass is 213 g/mol. The molecule has 1 saturated carbocycles. The van der Waals surface area contributed by atoms with Gasteiger partial charge in [-0.2, -0.15) is 5.48 Å². The molecule has 0 radical (unpaired) electrons. The molecule has 3 unspecified atom stereocenters. The van der Waals surface area contributed by atoms with E-state index in [2.05, 4.69) is 5.48 Å². The number of fused-ring (bicyclic) bond motifs is 1. The Kier molecular flexibility index (Phi) is 2.73. The predicted molar refractivity (Wildman–Crippen MR) is 55.0 cm³/mol. The Morgan fingerprint density at radius 3 is 2.80 bits per heavy atom. The SMILES string of the molecule is CC(C)(C)OC(=O)C1NOC2CCCC21. The number of nitrogens with one attached hydrogen (secondary N) is 1. The number of ether oxygens (including phenoxy) is 1. The minimum Gasteiger partial charge on any atom is -0.459 e. The molecule has 1 aliphatic carbocycles. The Balaban J connectivity index is 1.96. The third-order valence-electron chi connectivity index (χ3n) is 2.94. The van der Waals surface area contributed by atoms with E-state index >= 15 is 0 Å². The van der Waals surface area contributed by atoms with Crippen molar-refractivity contribution in [2.45, 2.75) is 57.8 Å². The van der Waals surface area contributed by atoms with Crippen LogP contribution >= 0.6 is 0 Å². The van der Waals surface area contributed by atoms with E-state index in [-0.39, 0.29) is 18.1 Å². The highest BCUT2D eigenvalue weighted by atomic mass is 16.7. The third-order valence-corrected chi connectivity index (χ3v) is 2.94. The number of hydrogen-bond donors (Lipinski definition) is 1. The van der Waals surface area contributed by atoms with Crippen molar-refractivity contribution in [2.75, 3.05) is 0 Å². The summed E-state index contributed by atoms with van der Waals surface area (Å²) in [6.07, 6.45) is 3.47. The Morgan fingerprint density at radius 2 is 2.13 bits per heavy atom. The van der Waals surface area contributed by atoms with Gasteiger partial charge < -0.3 is 4.74 Å². The quantitative estimate of drug-likeness (QED) is 0.669. The Labute approximate surface area is 90.3 Å². The Morgan fingerprint density at radius 1 is 1.40 bits per heavy atom. The topological polar surface area (TPSA) is 47.6 Å². The number of hydrogen-bond acceptors (Lipinski definition) is 4. The van der Waals surface area contributed by atoms with E-state index in [0.29, 0.717) is 5.92 Å². The van der Waals surface area contributed by atoms with Gasteiger partial charge in [0.2, 0.25) is 0 Å². The zero-order valence-electron chi connectivity index (χ0n) is 9.58. The van der Waals surface area contributed by atoms with Gasteiger partial charge in [-0.3, -0.25) is 9.63 Å². The van der Waals surface area contributed by atoms with Gasteiger partial charge in [-0.25, -0.2) is 0 Å². The minimum atomic E-state index is -0.421. The van der Waals surface area contributed by atoms with Gasteiger partial charge in [-0.1, -0.05) is 6.42 Å². The van der Waals surface area contributed by atoms with Crippen molar-refractivity contribution in [3.63, 3.8) is 0 Å². The van der Waals surface area contributed by atoms with Gasteiger partial charge in [0.25, 0.3) is 0 Å². The molecule has 2 aliphatic rings. The molecule has 0 spiro atoms. The van der Waals surface area contributed by atoms with Crippen LogP contribution < -0.4 is 5.48 Å². The lowest BCUT2D eigenvalue weighted by molar-refractivity contribution is -0.159. The molecule has 0 aromatic rings. The first-order valence-electron chi connectivity index (χ1n) is 5.61. The van der Waals surface area contributed by atoms with E-state index in [9.17, 15) is 4.79 Å². The summed E-state index contributed by atoms with van der Waals surface area (Å²) in [5.74, 6) is 0.122. The molecule has 2 fully saturated rings. The van der Waals surface area contributed by atoms with E-state index in [4.69, 9.17) is 9.57 Å². The molecule has 1 N–H and O–H groups in total. The first-order valence-corrected chi connectivity index (χ1v) is 5.61. The maximum atomic E-state index is 11.8. The number of carbonyl (C=O) groups excluding carboxylic acids is 1. The molecule has 0 aromatic heterocycles. The van der Waals surface area contributed by atoms with E-state index in [1.165, 1.54) is 0 Å². The van der Waals surface area contributed by atoms with E-state index in [1.54, 1.807) is 0 Å². The summed E-state index contributed by atoms with van der Waals surface area (Å²) in [5.41, 5.74) is 2.39. The van der Waals surface area contributed by atoms with Crippen molar-refractivity contribution in [3.8, 4) is 0 Å². The Hall–Kier alpha value is -0.610. The van der Waals surface area contributed by atoms with Gasteiger partial charge in [0.15, 0.2) is 0 Å². The molecule has 4 nitrogen and oxygen atoms in total. The molecule has 1 aliphatic heterocycles. The van der Waals surface area contributed by atoms with E-state index in [1.807, 2.05) is 20.8 Å². The van der Waals surface area contributed by atoms with Gasteiger partial charge in [-0.15, -0.1) is 0 Å². The van der Waals surface area contributed by atoms with Crippen molar-refractivity contribution >= 4 is 5.97 Å². The summed E-state index contributed by atoms with van der Waals surface area (Å²) in [5, 5.41) is 0. The summed E-state index contributed by atoms with van der Waals surface area (Å²) in [4.78, 5) is 17.2. The normalized spacial score (nSPS) is 35.3. The second kappa shape index (κ2) is 3.76. The molecular weight excluding hydrogens is 194 g/mol. The molecule has 15 heavy (non-hydrogen) atoms. The fourth-order valence-corrected chi connectivity index (χ4v) is 2.32. The zero-order valence-corrected chi connectivity index (χ0v) is 9.58. The molecule has 3 atom stereocenters. The maximum Gasteiger partial charge on any atom is 0.326 e. The van der Waals surface area contributed by atoms with Crippen molar-refractivity contribution < 1.29 is 14.4 Å². The van der Waals surface area contributed by atoms with Gasteiger partial charge in [-0.05, 0) is 33.6 Å². The van der Waals surface area contributed by atoms with Crippen LogP contribution in [0.3, 0.4) is 0 Å². The molecule has 4 heteroatoms. The van der Waals surface area contributed by atoms with E-state index < -0.39 is 5.60 Å². The lowest BCUT2D eigenvalue weighted by atomic mass is 9.98. The highest BCUT2D eigenvalue weighted by Crippen LogP contribution is 2.35. The first kappa shape index (κ1) is 10.9. The zero-order chi connectivity index (χ0) is 11.1. The fraction of sp³-hybridized carbons (Fsp3) is 0.909. The average molecular weight is 213 g/mol. The van der Waals surface area contributed by atoms with Gasteiger partial charge in [0, 0.05) is 5.92 Å². The summed E-state index contributed by atoms with van der Waals surface area (Å²) in [7, 11) is 0. The number of hydroxylamine groups is 1. The summed E-state index contributed by atoms with van der Waals surface area (Å²) in [6, 6.07) is -0.267. The second-order valence-electron chi connectivity index (χ2n) is 5.38. The van der Waals surface area contributed by atoms with Gasteiger partial charge >= 0.3 is 5.97 Å². The largest absolute Gasteiger partial charge is 0.459 e. The van der Waals surface area contributed by atoms with Crippen LogP contribution in [-0.4, -0.2) is 23.7 Å². The molecule has 0 amide bonds. The molecule has 86 valence electrons. The van der Waals surface area contributed by atoms with Crippen LogP contribution in [0.25, 0.3) is 0 Å². The lowest BCUT2D eigenvalue weighted by Gasteiger charge is -2.23. The standard InChI is InChI=1S/C11H19NO3/c1-11(2,3)14-10(13)9-7-5-4-6-8(7)15-12-9/h7-9,12H,4-6H2,1-3H3. The highest BCUT2D eigenvalue weighted by Gasteiger charge is 2.45. The van der Waals surface area contributed by atoms with Crippen LogP contribution in [-0.2, 0) is 14.4 Å². The van der Waals surface area contributed by atoms with Crippen LogP contribution in [0.4, 0.5) is 0 Å². The second-order valence-corrected chi connectivity index (χ2v) is 5.38. The van der Waals surface area contributed by atoms with Crippen LogP contribution in [0, 0.1) is 5.92 Å². The van der Waals surface area contributed by atoms with Crippen LogP contribution in [0.2, 0.25) is 0 Å². The summed E-state index contributed by atoms with van der Waals surface area (Å²) in [6.45, 7) is 5.65. The molecule has 0 bridgehead atoms. The smallest absolute Gasteiger partial charge is 0.326 e. The lowest BCUT2D eigenvalue weighted by Crippen LogP contribution is -2.40. The maximum absolute atomic E-state index is 11.8. The number of rotatable bonds is 1. The van der Waals surface area contributed by atoms with Crippen LogP contribution in [0.5, 0.6) is 0 Å². The fourth-order valence-electron chi connectivity index (χ4n) is 2.32. The summed E-state index contributed by atoms with van der Waals surface area (Å²) < 4.78 is 5.35. The van der Waals surface area contributed by atoms with E-state index in [0.717, 1.165) is 19.3 Å². The number of esters is 1. The number of carbonyl (C=O) groups is 1. The van der Waals surface area contributed by atoms with Crippen LogP contribution in [0.15, 0.2) is 0 Å². The predicted octanol–water partition coefficient (Wildman–Crippen LogP) is 1.40. The molecule has 1 heterocycles. The minimum absolute atomic E-state index is 0.183. The first-order chi connectivity index (χ1) is 6.97. The van der Waals surface area contributed by atoms with Crippen molar-refractivity contribution in [2.24, 2.45) is 5.92 Å². The van der Waals surface area contributed by atoms with Crippen molar-refractivity contribution in [1.82, 2.24) is 5.48 Å².